The molecular formula is C60H74N6O21S4. The van der Waals surface area contributed by atoms with Gasteiger partial charge in [-0.25, -0.2) is 4.79 Å². The van der Waals surface area contributed by atoms with Gasteiger partial charge in [0.1, 0.15) is 11.5 Å². The van der Waals surface area contributed by atoms with E-state index in [4.69, 9.17) is 27.2 Å². The summed E-state index contributed by atoms with van der Waals surface area (Å²) in [6, 6.07) is 9.30. The van der Waals surface area contributed by atoms with Crippen molar-refractivity contribution in [2.24, 2.45) is 0 Å². The molecule has 6 rings (SSSR count). The summed E-state index contributed by atoms with van der Waals surface area (Å²) in [6.45, 7) is 5.74. The molecule has 91 heavy (non-hydrogen) atoms. The van der Waals surface area contributed by atoms with Crippen LogP contribution in [0.4, 0.5) is 11.4 Å². The van der Waals surface area contributed by atoms with E-state index in [2.05, 4.69) is 27.8 Å². The minimum atomic E-state index is -4.57. The number of carbonyl (C=O) groups is 6. The quantitative estimate of drug-likeness (QED) is 0.0188. The lowest BCUT2D eigenvalue weighted by Crippen LogP contribution is -2.41. The molecule has 1 atom stereocenters. The van der Waals surface area contributed by atoms with Gasteiger partial charge in [-0.3, -0.25) is 42.2 Å². The van der Waals surface area contributed by atoms with Crippen LogP contribution in [0.2, 0.25) is 0 Å². The largest absolute Gasteiger partial charge is 0.493 e. The van der Waals surface area contributed by atoms with E-state index in [0.29, 0.717) is 66.1 Å². The van der Waals surface area contributed by atoms with Gasteiger partial charge in [-0.15, -0.1) is 29.8 Å². The third kappa shape index (κ3) is 19.6. The third-order valence-corrected chi connectivity index (χ3v) is 18.2. The molecule has 3 aromatic rings. The van der Waals surface area contributed by atoms with E-state index in [1.165, 1.54) is 24.3 Å². The van der Waals surface area contributed by atoms with Crippen molar-refractivity contribution in [2.45, 2.75) is 115 Å². The Kier molecular flexibility index (Phi) is 24.2. The molecule has 5 amide bonds. The summed E-state index contributed by atoms with van der Waals surface area (Å²) in [4.78, 5) is 89.9. The summed E-state index contributed by atoms with van der Waals surface area (Å²) < 4.78 is 146. The summed E-state index contributed by atoms with van der Waals surface area (Å²) >= 11 is 0. The van der Waals surface area contributed by atoms with Crippen LogP contribution in [-0.4, -0.2) is 161 Å². The Balaban J connectivity index is 1.43. The number of hydrogen-bond acceptors (Lipinski definition) is 19. The molecule has 27 nitrogen and oxygen atoms in total. The number of terminal acetylenes is 2. The molecule has 0 saturated carbocycles. The number of rotatable bonds is 33. The van der Waals surface area contributed by atoms with Crippen LogP contribution in [0.1, 0.15) is 150 Å². The smallest absolute Gasteiger partial charge is 0.364 e. The van der Waals surface area contributed by atoms with Crippen LogP contribution in [0.25, 0.3) is 0 Å². The third-order valence-electron chi connectivity index (χ3n) is 15.2. The molecule has 3 aliphatic rings. The van der Waals surface area contributed by atoms with Crippen molar-refractivity contribution in [3.05, 3.63) is 105 Å². The fourth-order valence-corrected chi connectivity index (χ4v) is 12.7. The molecule has 0 bridgehead atoms. The Morgan fingerprint density at radius 3 is 1.70 bits per heavy atom. The average molecular weight is 1340 g/mol. The van der Waals surface area contributed by atoms with Gasteiger partial charge >= 0.3 is 5.97 Å². The number of benzene rings is 3. The Morgan fingerprint density at radius 1 is 0.637 bits per heavy atom. The second-order valence-corrected chi connectivity index (χ2v) is 29.0. The summed E-state index contributed by atoms with van der Waals surface area (Å²) in [5.74, 6) is -2.69. The van der Waals surface area contributed by atoms with Gasteiger partial charge in [0.05, 0.1) is 59.9 Å². The normalized spacial score (nSPS) is 16.5. The minimum absolute atomic E-state index is 0.0207. The molecule has 0 spiro atoms. The van der Waals surface area contributed by atoms with E-state index in [1.54, 1.807) is 60.1 Å². The second-order valence-electron chi connectivity index (χ2n) is 22.7. The van der Waals surface area contributed by atoms with Gasteiger partial charge in [-0.05, 0) is 86.6 Å². The van der Waals surface area contributed by atoms with E-state index in [9.17, 15) is 80.6 Å². The standard InChI is InChI=1S/C60H74N6O21S4/c1-7-9-11-13-29-85-47-37-41(58(72)87-66-51(67)23-24-52(66)68)38-48(86-30-14-12-10-8-2)44(47)39-63-56(70)42-19-15-20-45-53(42)59(3,4)49(64(45)27-17-31-88(73,74)75)21-16-22-50-60(5,6)54-43(57(71)62-26-34-91(82,83)84)35-40(55(69)61-25-33-90(79,80)81)36-46(54)65(50)28-18-32-89(76,77)78/h1-2,15-16,19-22,35-38,50H,9-14,17-18,23-34,39H2,3-6H3,(H,61,69)(H,62,71)(H,63,70)(H,73,74,75)(H,76,77,78)(H,79,80,81)(H,82,83,84)/b22-16+,49-21+. The molecule has 1 unspecified atom stereocenters. The van der Waals surface area contributed by atoms with Crippen LogP contribution in [0.5, 0.6) is 11.5 Å². The van der Waals surface area contributed by atoms with Crippen molar-refractivity contribution >= 4 is 87.4 Å². The first-order valence-corrected chi connectivity index (χ1v) is 35.3. The van der Waals surface area contributed by atoms with Crippen molar-refractivity contribution < 1.29 is 95.0 Å². The Bertz CT molecular complexity index is 3860. The lowest BCUT2D eigenvalue weighted by Gasteiger charge is -2.33. The number of ether oxygens (including phenoxy) is 2. The van der Waals surface area contributed by atoms with E-state index >= 15 is 0 Å². The first-order chi connectivity index (χ1) is 42.6. The van der Waals surface area contributed by atoms with Gasteiger partial charge in [0.25, 0.3) is 70.0 Å². The zero-order valence-electron chi connectivity index (χ0n) is 50.6. The van der Waals surface area contributed by atoms with Crippen molar-refractivity contribution in [1.29, 1.82) is 0 Å². The average Bonchev–Trinajstić information content (AvgIpc) is 1.59. The highest BCUT2D eigenvalue weighted by molar-refractivity contribution is 7.86. The molecule has 3 aromatic carbocycles. The number of imide groups is 1. The maximum absolute atomic E-state index is 14.9. The molecule has 494 valence electrons. The molecule has 0 radical (unpaired) electrons. The maximum Gasteiger partial charge on any atom is 0.364 e. The SMILES string of the molecule is C#CCCCCOc1cc(C(=O)ON2C(=O)CCC2=O)cc(OCCCCC#C)c1CNC(=O)c1cccc2c1C(C)(C)/C(=C\C=C\C1N(CCCS(=O)(=O)O)c3cc(C(=O)NCCS(=O)(=O)O)cc(C(=O)NCCS(=O)(=O)O)c3C1(C)C)N2CCCS(=O)(=O)O. The monoisotopic (exact) mass is 1340 g/mol. The van der Waals surface area contributed by atoms with Crippen LogP contribution < -0.4 is 35.2 Å². The molecule has 1 saturated heterocycles. The lowest BCUT2D eigenvalue weighted by molar-refractivity contribution is -0.172. The molecule has 1 fully saturated rings. The van der Waals surface area contributed by atoms with Crippen molar-refractivity contribution in [3.63, 3.8) is 0 Å². The number of hydroxylamine groups is 2. The predicted molar refractivity (Wildman–Crippen MR) is 335 cm³/mol. The van der Waals surface area contributed by atoms with E-state index < -0.39 is 129 Å². The molecule has 0 aliphatic carbocycles. The number of hydrogen-bond donors (Lipinski definition) is 7. The van der Waals surface area contributed by atoms with Crippen LogP contribution in [0, 0.1) is 24.7 Å². The van der Waals surface area contributed by atoms with Gasteiger partial charge < -0.3 is 40.1 Å². The zero-order valence-corrected chi connectivity index (χ0v) is 53.8. The van der Waals surface area contributed by atoms with Gasteiger partial charge in [-0.1, -0.05) is 45.9 Å². The van der Waals surface area contributed by atoms with Crippen LogP contribution in [0.3, 0.4) is 0 Å². The van der Waals surface area contributed by atoms with Gasteiger partial charge in [0, 0.05) is 102 Å². The number of fused-ring (bicyclic) bond motifs is 2. The number of carbonyl (C=O) groups excluding carboxylic acids is 6. The van der Waals surface area contributed by atoms with E-state index in [0.717, 1.165) is 0 Å². The Morgan fingerprint density at radius 2 is 1.16 bits per heavy atom. The number of amides is 5. The van der Waals surface area contributed by atoms with Crippen LogP contribution in [0.15, 0.2) is 66.4 Å². The zero-order chi connectivity index (χ0) is 67.3. The number of anilines is 2. The molecule has 3 heterocycles. The molecule has 7 N–H and O–H groups in total. The van der Waals surface area contributed by atoms with E-state index in [-0.39, 0.29) is 104 Å². The minimum Gasteiger partial charge on any atom is -0.493 e. The molecule has 0 aromatic heterocycles. The van der Waals surface area contributed by atoms with Crippen LogP contribution >= 0.6 is 0 Å². The number of nitrogens with one attached hydrogen (secondary N) is 3. The Hall–Kier alpha value is -7.88. The highest BCUT2D eigenvalue weighted by Gasteiger charge is 2.47. The van der Waals surface area contributed by atoms with Gasteiger partial charge in [0.15, 0.2) is 0 Å². The van der Waals surface area contributed by atoms with E-state index in [1.807, 2.05) is 13.8 Å². The highest BCUT2D eigenvalue weighted by atomic mass is 32.2. The van der Waals surface area contributed by atoms with Crippen molar-refractivity contribution in [2.75, 3.05) is 72.2 Å². The predicted octanol–water partition coefficient (Wildman–Crippen LogP) is 4.70. The lowest BCUT2D eigenvalue weighted by atomic mass is 9.77. The van der Waals surface area contributed by atoms with Gasteiger partial charge in [-0.2, -0.15) is 33.7 Å². The Labute approximate surface area is 529 Å². The first-order valence-electron chi connectivity index (χ1n) is 28.9. The van der Waals surface area contributed by atoms with Crippen molar-refractivity contribution in [3.8, 4) is 36.2 Å². The molecule has 31 heteroatoms. The number of unbranched alkanes of at least 4 members (excludes halogenated alkanes) is 4. The topological polar surface area (TPSA) is 393 Å². The number of allylic oxidation sites excluding steroid dienone is 3. The summed E-state index contributed by atoms with van der Waals surface area (Å²) in [7, 11) is -18.1. The van der Waals surface area contributed by atoms with Crippen LogP contribution in [-0.2, 0) is 72.3 Å². The number of nitrogens with zero attached hydrogens (tertiary/aromatic N) is 3. The van der Waals surface area contributed by atoms with Crippen molar-refractivity contribution in [1.82, 2.24) is 21.0 Å². The maximum atomic E-state index is 14.9. The highest BCUT2D eigenvalue weighted by Crippen LogP contribution is 2.51. The summed E-state index contributed by atoms with van der Waals surface area (Å²) in [6.07, 6.45) is 18.4. The fourth-order valence-electron chi connectivity index (χ4n) is 11.0. The summed E-state index contributed by atoms with van der Waals surface area (Å²) in [5.41, 5.74) is -0.417. The molecule has 3 aliphatic heterocycles. The molecular weight excluding hydrogens is 1270 g/mol. The van der Waals surface area contributed by atoms with Gasteiger partial charge in [0.2, 0.25) is 0 Å². The summed E-state index contributed by atoms with van der Waals surface area (Å²) in [5, 5.41) is 8.16. The fraction of sp³-hybridized carbons (Fsp3) is 0.467. The first kappa shape index (κ1) is 72.2. The second kappa shape index (κ2) is 30.5.